The summed E-state index contributed by atoms with van der Waals surface area (Å²) >= 11 is 23.4. The van der Waals surface area contributed by atoms with Crippen molar-refractivity contribution >= 4 is 56.5 Å². The molecule has 0 saturated heterocycles. The molecule has 0 bridgehead atoms. The van der Waals surface area contributed by atoms with Gasteiger partial charge in [0.15, 0.2) is 0 Å². The van der Waals surface area contributed by atoms with Crippen molar-refractivity contribution in [2.24, 2.45) is 0 Å². The SMILES string of the molecule is CC(C)c1c(Cl)c(Cl)c(S(=O)(=O)O)c(Cl)c1Cl. The lowest BCUT2D eigenvalue weighted by atomic mass is 10.0. The van der Waals surface area contributed by atoms with Crippen LogP contribution in [0.25, 0.3) is 0 Å². The van der Waals surface area contributed by atoms with Crippen molar-refractivity contribution in [2.45, 2.75) is 24.7 Å². The largest absolute Gasteiger partial charge is 0.297 e. The first-order chi connectivity index (χ1) is 7.59. The van der Waals surface area contributed by atoms with Gasteiger partial charge in [-0.3, -0.25) is 4.55 Å². The average molecular weight is 338 g/mol. The van der Waals surface area contributed by atoms with Crippen molar-refractivity contribution in [1.29, 1.82) is 0 Å². The van der Waals surface area contributed by atoms with E-state index in [1.807, 2.05) is 0 Å². The Morgan fingerprint density at radius 1 is 0.941 bits per heavy atom. The molecule has 0 aliphatic carbocycles. The van der Waals surface area contributed by atoms with Gasteiger partial charge in [-0.2, -0.15) is 8.42 Å². The molecule has 0 atom stereocenters. The number of rotatable bonds is 2. The van der Waals surface area contributed by atoms with Crippen LogP contribution < -0.4 is 0 Å². The van der Waals surface area contributed by atoms with E-state index in [1.165, 1.54) is 0 Å². The van der Waals surface area contributed by atoms with Crippen LogP contribution in [0.4, 0.5) is 0 Å². The van der Waals surface area contributed by atoms with E-state index < -0.39 is 15.0 Å². The summed E-state index contributed by atoms with van der Waals surface area (Å²) in [6, 6.07) is 0. The fraction of sp³-hybridized carbons (Fsp3) is 0.333. The van der Waals surface area contributed by atoms with Crippen LogP contribution in [0.3, 0.4) is 0 Å². The molecule has 17 heavy (non-hydrogen) atoms. The minimum atomic E-state index is -4.58. The Morgan fingerprint density at radius 2 is 1.29 bits per heavy atom. The molecule has 0 radical (unpaired) electrons. The van der Waals surface area contributed by atoms with E-state index in [2.05, 4.69) is 0 Å². The molecule has 0 amide bonds. The predicted molar refractivity (Wildman–Crippen MR) is 70.4 cm³/mol. The van der Waals surface area contributed by atoms with Crippen molar-refractivity contribution in [3.8, 4) is 0 Å². The molecule has 0 saturated carbocycles. The molecule has 1 N–H and O–H groups in total. The standard InChI is InChI=1S/C9H8Cl4O3S/c1-3(2)4-5(10)7(12)9(17(14,15)16)8(13)6(4)11/h3H,1-2H3,(H,14,15,16). The molecule has 1 aromatic rings. The highest BCUT2D eigenvalue weighted by Gasteiger charge is 2.28. The van der Waals surface area contributed by atoms with Crippen molar-refractivity contribution in [1.82, 2.24) is 0 Å². The summed E-state index contributed by atoms with van der Waals surface area (Å²) < 4.78 is 31.3. The normalized spacial score (nSPS) is 12.2. The van der Waals surface area contributed by atoms with Crippen LogP contribution in [0.5, 0.6) is 0 Å². The molecule has 0 aromatic heterocycles. The van der Waals surface area contributed by atoms with Crippen LogP contribution in [0.1, 0.15) is 25.3 Å². The van der Waals surface area contributed by atoms with Crippen LogP contribution >= 0.6 is 46.4 Å². The summed E-state index contributed by atoms with van der Waals surface area (Å²) in [6.07, 6.45) is 0. The Morgan fingerprint density at radius 3 is 1.53 bits per heavy atom. The van der Waals surface area contributed by atoms with Gasteiger partial charge in [0, 0.05) is 0 Å². The fourth-order valence-electron chi connectivity index (χ4n) is 1.36. The van der Waals surface area contributed by atoms with Gasteiger partial charge in [0.25, 0.3) is 10.1 Å². The molecule has 8 heteroatoms. The van der Waals surface area contributed by atoms with Crippen LogP contribution in [0.2, 0.25) is 20.1 Å². The lowest BCUT2D eigenvalue weighted by Gasteiger charge is -2.16. The molecule has 0 spiro atoms. The number of halogens is 4. The second kappa shape index (κ2) is 5.11. The maximum absolute atomic E-state index is 11.1. The zero-order valence-corrected chi connectivity index (χ0v) is 12.6. The highest BCUT2D eigenvalue weighted by molar-refractivity contribution is 7.86. The summed E-state index contributed by atoms with van der Waals surface area (Å²) in [4.78, 5) is -0.666. The van der Waals surface area contributed by atoms with Crippen molar-refractivity contribution in [2.75, 3.05) is 0 Å². The van der Waals surface area contributed by atoms with Crippen molar-refractivity contribution < 1.29 is 13.0 Å². The predicted octanol–water partition coefficient (Wildman–Crippen LogP) is 4.67. The molecule has 1 aromatic carbocycles. The van der Waals surface area contributed by atoms with E-state index in [0.717, 1.165) is 0 Å². The zero-order valence-electron chi connectivity index (χ0n) is 8.76. The summed E-state index contributed by atoms with van der Waals surface area (Å²) in [5.41, 5.74) is 0.440. The molecule has 0 heterocycles. The molecule has 0 fully saturated rings. The Hall–Kier alpha value is 0.290. The van der Waals surface area contributed by atoms with E-state index in [0.29, 0.717) is 5.56 Å². The van der Waals surface area contributed by atoms with Gasteiger partial charge in [-0.25, -0.2) is 0 Å². The van der Waals surface area contributed by atoms with Gasteiger partial charge in [-0.1, -0.05) is 60.3 Å². The summed E-state index contributed by atoms with van der Waals surface area (Å²) in [5.74, 6) is -0.0968. The highest BCUT2D eigenvalue weighted by atomic mass is 35.5. The molecular weight excluding hydrogens is 330 g/mol. The third-order valence-electron chi connectivity index (χ3n) is 2.09. The van der Waals surface area contributed by atoms with Gasteiger partial charge in [-0.05, 0) is 11.5 Å². The number of hydrogen-bond acceptors (Lipinski definition) is 2. The topological polar surface area (TPSA) is 54.4 Å². The highest BCUT2D eigenvalue weighted by Crippen LogP contribution is 2.45. The molecule has 96 valence electrons. The molecule has 3 nitrogen and oxygen atoms in total. The summed E-state index contributed by atoms with van der Waals surface area (Å²) in [7, 11) is -4.58. The molecule has 0 aliphatic heterocycles. The first-order valence-electron chi connectivity index (χ1n) is 4.42. The minimum absolute atomic E-state index is 0.0244. The Labute approximate surface area is 119 Å². The van der Waals surface area contributed by atoms with E-state index in [4.69, 9.17) is 51.0 Å². The molecule has 0 aliphatic rings. The van der Waals surface area contributed by atoms with Crippen molar-refractivity contribution in [3.63, 3.8) is 0 Å². The Balaban J connectivity index is 3.84. The second-order valence-electron chi connectivity index (χ2n) is 3.63. The zero-order chi connectivity index (χ0) is 13.5. The average Bonchev–Trinajstić information content (AvgIpc) is 2.12. The summed E-state index contributed by atoms with van der Waals surface area (Å²) in [5, 5.41) is -0.702. The maximum Gasteiger partial charge on any atom is 0.297 e. The quantitative estimate of drug-likeness (QED) is 0.630. The van der Waals surface area contributed by atoms with Crippen LogP contribution in [-0.2, 0) is 10.1 Å². The van der Waals surface area contributed by atoms with Gasteiger partial charge in [0.05, 0.1) is 20.1 Å². The van der Waals surface area contributed by atoms with Gasteiger partial charge in [0.2, 0.25) is 0 Å². The lowest BCUT2D eigenvalue weighted by Crippen LogP contribution is -2.04. The van der Waals surface area contributed by atoms with Gasteiger partial charge >= 0.3 is 0 Å². The monoisotopic (exact) mass is 336 g/mol. The van der Waals surface area contributed by atoms with E-state index in [-0.39, 0.29) is 26.0 Å². The van der Waals surface area contributed by atoms with Gasteiger partial charge in [-0.15, -0.1) is 0 Å². The van der Waals surface area contributed by atoms with Crippen LogP contribution in [-0.4, -0.2) is 13.0 Å². The lowest BCUT2D eigenvalue weighted by molar-refractivity contribution is 0.483. The van der Waals surface area contributed by atoms with E-state index in [1.54, 1.807) is 13.8 Å². The number of benzene rings is 1. The van der Waals surface area contributed by atoms with E-state index >= 15 is 0 Å². The van der Waals surface area contributed by atoms with Crippen LogP contribution in [0, 0.1) is 0 Å². The Bertz CT molecular complexity index is 537. The van der Waals surface area contributed by atoms with Gasteiger partial charge in [0.1, 0.15) is 4.90 Å². The molecule has 0 unspecified atom stereocenters. The fourth-order valence-corrected chi connectivity index (χ4v) is 4.02. The molecule has 1 rings (SSSR count). The third kappa shape index (κ3) is 2.83. The maximum atomic E-state index is 11.1. The first kappa shape index (κ1) is 15.3. The molecular formula is C9H8Cl4O3S. The smallest absolute Gasteiger partial charge is 0.282 e. The second-order valence-corrected chi connectivity index (χ2v) is 6.50. The van der Waals surface area contributed by atoms with E-state index in [9.17, 15) is 8.42 Å². The third-order valence-corrected chi connectivity index (χ3v) is 4.98. The number of hydrogen-bond donors (Lipinski definition) is 1. The van der Waals surface area contributed by atoms with Crippen molar-refractivity contribution in [3.05, 3.63) is 25.7 Å². The van der Waals surface area contributed by atoms with Crippen LogP contribution in [0.15, 0.2) is 4.90 Å². The summed E-state index contributed by atoms with van der Waals surface area (Å²) in [6.45, 7) is 3.60. The first-order valence-corrected chi connectivity index (χ1v) is 7.37. The Kier molecular flexibility index (Phi) is 4.62. The minimum Gasteiger partial charge on any atom is -0.282 e. The van der Waals surface area contributed by atoms with Gasteiger partial charge < -0.3 is 0 Å².